The van der Waals surface area contributed by atoms with Crippen molar-refractivity contribution in [3.05, 3.63) is 36.2 Å². The largest absolute Gasteiger partial charge is 0.404 e. The van der Waals surface area contributed by atoms with Crippen LogP contribution in [0.1, 0.15) is 6.92 Å². The van der Waals surface area contributed by atoms with Crippen LogP contribution in [0.4, 0.5) is 0 Å². The molecule has 0 aromatic carbocycles. The number of rotatable bonds is 4. The van der Waals surface area contributed by atoms with E-state index in [-0.39, 0.29) is 0 Å². The summed E-state index contributed by atoms with van der Waals surface area (Å²) in [6.07, 6.45) is 6.59. The number of nitrogens with one attached hydrogen (secondary N) is 1. The quantitative estimate of drug-likeness (QED) is 0.373. The molecule has 12 heavy (non-hydrogen) atoms. The van der Waals surface area contributed by atoms with E-state index in [2.05, 4.69) is 16.9 Å². The minimum atomic E-state index is 0.807. The monoisotopic (exact) mass is 165 g/mol. The van der Waals surface area contributed by atoms with Crippen molar-refractivity contribution in [2.24, 2.45) is 10.7 Å². The topological polar surface area (TPSA) is 50.4 Å². The van der Waals surface area contributed by atoms with Crippen LogP contribution >= 0.6 is 0 Å². The SMILES string of the molecule is C=C/C=C(/N=C\NC)C(\C)=C/N. The van der Waals surface area contributed by atoms with E-state index in [1.807, 2.05) is 6.92 Å². The highest BCUT2D eigenvalue weighted by Gasteiger charge is 1.93. The second kappa shape index (κ2) is 6.22. The number of hydrogen-bond donors (Lipinski definition) is 2. The summed E-state index contributed by atoms with van der Waals surface area (Å²) in [6.45, 7) is 5.48. The molecule has 0 aromatic heterocycles. The fourth-order valence-corrected chi connectivity index (χ4v) is 0.607. The lowest BCUT2D eigenvalue weighted by Gasteiger charge is -1.98. The predicted octanol–water partition coefficient (Wildman–Crippen LogP) is 1.17. The molecule has 0 aliphatic rings. The van der Waals surface area contributed by atoms with Crippen LogP contribution in [-0.2, 0) is 0 Å². The van der Waals surface area contributed by atoms with E-state index in [0.717, 1.165) is 11.3 Å². The maximum Gasteiger partial charge on any atom is 0.0883 e. The fourth-order valence-electron chi connectivity index (χ4n) is 0.607. The summed E-state index contributed by atoms with van der Waals surface area (Å²) in [7, 11) is 1.79. The molecule has 0 aliphatic carbocycles. The Morgan fingerprint density at radius 3 is 2.67 bits per heavy atom. The molecule has 66 valence electrons. The number of aliphatic imine (C=N–C) groups is 1. The molecular weight excluding hydrogens is 150 g/mol. The molecule has 0 aromatic rings. The van der Waals surface area contributed by atoms with Crippen molar-refractivity contribution in [1.29, 1.82) is 0 Å². The average Bonchev–Trinajstić information content (AvgIpc) is 2.11. The Balaban J connectivity index is 4.56. The number of nitrogens with two attached hydrogens (primary N) is 1. The lowest BCUT2D eigenvalue weighted by molar-refractivity contribution is 1.18. The van der Waals surface area contributed by atoms with Crippen LogP contribution in [0.5, 0.6) is 0 Å². The number of allylic oxidation sites excluding steroid dienone is 3. The molecule has 3 N–H and O–H groups in total. The van der Waals surface area contributed by atoms with Gasteiger partial charge in [0.1, 0.15) is 0 Å². The maximum atomic E-state index is 5.34. The van der Waals surface area contributed by atoms with Gasteiger partial charge in [-0.2, -0.15) is 0 Å². The Labute approximate surface area is 73.4 Å². The fraction of sp³-hybridized carbons (Fsp3) is 0.222. The van der Waals surface area contributed by atoms with Gasteiger partial charge in [0, 0.05) is 7.05 Å². The van der Waals surface area contributed by atoms with Crippen LogP contribution < -0.4 is 11.1 Å². The standard InChI is InChI=1S/C9H15N3/c1-4-5-9(8(2)6-10)12-7-11-3/h4-7H,1,10H2,2-3H3,(H,11,12)/b8-6-,9-5+. The number of hydrogen-bond acceptors (Lipinski definition) is 2. The van der Waals surface area contributed by atoms with Crippen molar-refractivity contribution in [1.82, 2.24) is 5.32 Å². The van der Waals surface area contributed by atoms with Crippen molar-refractivity contribution < 1.29 is 0 Å². The van der Waals surface area contributed by atoms with Crippen molar-refractivity contribution in [3.8, 4) is 0 Å². The van der Waals surface area contributed by atoms with Crippen molar-refractivity contribution in [2.45, 2.75) is 6.92 Å². The van der Waals surface area contributed by atoms with Gasteiger partial charge in [-0.3, -0.25) is 0 Å². The molecule has 0 radical (unpaired) electrons. The molecule has 0 saturated carbocycles. The van der Waals surface area contributed by atoms with Crippen molar-refractivity contribution in [3.63, 3.8) is 0 Å². The van der Waals surface area contributed by atoms with E-state index in [0.29, 0.717) is 0 Å². The molecule has 0 rings (SSSR count). The zero-order valence-electron chi connectivity index (χ0n) is 7.54. The molecule has 0 aliphatic heterocycles. The third-order valence-corrected chi connectivity index (χ3v) is 1.26. The van der Waals surface area contributed by atoms with E-state index in [9.17, 15) is 0 Å². The van der Waals surface area contributed by atoms with Crippen LogP contribution in [0.15, 0.2) is 41.2 Å². The van der Waals surface area contributed by atoms with Crippen molar-refractivity contribution in [2.75, 3.05) is 7.05 Å². The first-order chi connectivity index (χ1) is 5.76. The second-order valence-corrected chi connectivity index (χ2v) is 2.18. The number of nitrogens with zero attached hydrogens (tertiary/aromatic N) is 1. The molecule has 0 unspecified atom stereocenters. The Hall–Kier alpha value is -1.51. The highest BCUT2D eigenvalue weighted by atomic mass is 14.9. The molecular formula is C9H15N3. The first kappa shape index (κ1) is 10.5. The van der Waals surface area contributed by atoms with Gasteiger partial charge in [0.25, 0.3) is 0 Å². The zero-order valence-corrected chi connectivity index (χ0v) is 7.54. The van der Waals surface area contributed by atoms with Gasteiger partial charge in [-0.1, -0.05) is 12.7 Å². The Bertz CT molecular complexity index is 224. The highest BCUT2D eigenvalue weighted by Crippen LogP contribution is 2.08. The summed E-state index contributed by atoms with van der Waals surface area (Å²) < 4.78 is 0. The average molecular weight is 165 g/mol. The minimum absolute atomic E-state index is 0.807. The summed E-state index contributed by atoms with van der Waals surface area (Å²) >= 11 is 0. The lowest BCUT2D eigenvalue weighted by atomic mass is 10.2. The van der Waals surface area contributed by atoms with Crippen LogP contribution in [0.25, 0.3) is 0 Å². The van der Waals surface area contributed by atoms with Crippen LogP contribution in [0.2, 0.25) is 0 Å². The van der Waals surface area contributed by atoms with Gasteiger partial charge in [0.05, 0.1) is 12.0 Å². The Morgan fingerprint density at radius 2 is 2.25 bits per heavy atom. The van der Waals surface area contributed by atoms with Gasteiger partial charge in [-0.15, -0.1) is 0 Å². The second-order valence-electron chi connectivity index (χ2n) is 2.18. The predicted molar refractivity (Wildman–Crippen MR) is 53.8 cm³/mol. The molecule has 0 saturated heterocycles. The van der Waals surface area contributed by atoms with Gasteiger partial charge < -0.3 is 11.1 Å². The highest BCUT2D eigenvalue weighted by molar-refractivity contribution is 5.57. The molecule has 0 bridgehead atoms. The minimum Gasteiger partial charge on any atom is -0.404 e. The Kier molecular flexibility index (Phi) is 5.43. The third-order valence-electron chi connectivity index (χ3n) is 1.26. The molecule has 3 nitrogen and oxygen atoms in total. The van der Waals surface area contributed by atoms with E-state index < -0.39 is 0 Å². The van der Waals surface area contributed by atoms with E-state index in [1.54, 1.807) is 25.5 Å². The molecule has 0 spiro atoms. The van der Waals surface area contributed by atoms with Crippen LogP contribution in [0.3, 0.4) is 0 Å². The molecule has 0 atom stereocenters. The maximum absolute atomic E-state index is 5.34. The van der Waals surface area contributed by atoms with E-state index in [4.69, 9.17) is 5.73 Å². The summed E-state index contributed by atoms with van der Waals surface area (Å²) in [6, 6.07) is 0. The van der Waals surface area contributed by atoms with Gasteiger partial charge in [0.15, 0.2) is 0 Å². The van der Waals surface area contributed by atoms with Crippen LogP contribution in [-0.4, -0.2) is 13.4 Å². The van der Waals surface area contributed by atoms with Crippen LogP contribution in [0, 0.1) is 0 Å². The Morgan fingerprint density at radius 1 is 1.58 bits per heavy atom. The van der Waals surface area contributed by atoms with Gasteiger partial charge in [-0.25, -0.2) is 4.99 Å². The molecule has 0 fully saturated rings. The van der Waals surface area contributed by atoms with Gasteiger partial charge in [0.2, 0.25) is 0 Å². The lowest BCUT2D eigenvalue weighted by Crippen LogP contribution is -2.01. The molecule has 3 heteroatoms. The summed E-state index contributed by atoms with van der Waals surface area (Å²) in [5, 5.41) is 2.80. The molecule has 0 amide bonds. The molecule has 0 heterocycles. The summed E-state index contributed by atoms with van der Waals surface area (Å²) in [4.78, 5) is 4.11. The van der Waals surface area contributed by atoms with E-state index in [1.165, 1.54) is 6.20 Å². The third kappa shape index (κ3) is 3.61. The first-order valence-electron chi connectivity index (χ1n) is 3.67. The zero-order chi connectivity index (χ0) is 9.40. The summed E-state index contributed by atoms with van der Waals surface area (Å²) in [5.74, 6) is 0. The van der Waals surface area contributed by atoms with Crippen molar-refractivity contribution >= 4 is 6.34 Å². The van der Waals surface area contributed by atoms with E-state index >= 15 is 0 Å². The van der Waals surface area contributed by atoms with Gasteiger partial charge >= 0.3 is 0 Å². The summed E-state index contributed by atoms with van der Waals surface area (Å²) in [5.41, 5.74) is 7.07. The smallest absolute Gasteiger partial charge is 0.0883 e. The normalized spacial score (nSPS) is 13.5. The van der Waals surface area contributed by atoms with Gasteiger partial charge in [-0.05, 0) is 24.8 Å². The first-order valence-corrected chi connectivity index (χ1v) is 3.67.